The van der Waals surface area contributed by atoms with Crippen LogP contribution in [0.5, 0.6) is 0 Å². The van der Waals surface area contributed by atoms with E-state index in [2.05, 4.69) is 34.7 Å². The maximum atomic E-state index is 13.8. The van der Waals surface area contributed by atoms with Crippen LogP contribution in [0.15, 0.2) is 18.2 Å². The minimum atomic E-state index is -0.412. The molecule has 3 aromatic rings. The standard InChI is InChI=1S/C27H29N5O2S/c1-27(2)24-20(18-6-3-15(12-28)11-19(18)29-24)22(33)23-25(27)30-26(35-23)32-13-16-4-5-17(14-32)21(16)31-7-9-34-10-8-31/h3,6,11,16-17,21,29H,4-5,7-10,13-14H2,1-2H3. The number of ketones is 1. The molecule has 7 nitrogen and oxygen atoms in total. The van der Waals surface area contributed by atoms with Gasteiger partial charge < -0.3 is 14.6 Å². The van der Waals surface area contributed by atoms with Gasteiger partial charge in [-0.25, -0.2) is 4.98 Å². The SMILES string of the molecule is CC1(C)c2nc(N3CC4CCC(C3)C4N3CCOCC3)sc2C(=O)c2c1[nH]c1cc(C#N)ccc21. The van der Waals surface area contributed by atoms with E-state index < -0.39 is 5.41 Å². The van der Waals surface area contributed by atoms with Crippen molar-refractivity contribution in [1.29, 1.82) is 5.26 Å². The van der Waals surface area contributed by atoms with Gasteiger partial charge >= 0.3 is 0 Å². The van der Waals surface area contributed by atoms with Gasteiger partial charge in [0.25, 0.3) is 0 Å². The number of piperidine rings is 1. The second-order valence-corrected chi connectivity index (χ2v) is 12.0. The fourth-order valence-electron chi connectivity index (χ4n) is 7.05. The first-order valence-corrected chi connectivity index (χ1v) is 13.5. The molecule has 0 radical (unpaired) electrons. The number of nitrogens with zero attached hydrogens (tertiary/aromatic N) is 4. The zero-order chi connectivity index (χ0) is 23.9. The Hall–Kier alpha value is -2.73. The van der Waals surface area contributed by atoms with Crippen molar-refractivity contribution in [2.75, 3.05) is 44.3 Å². The number of benzene rings is 1. The molecule has 4 aliphatic rings. The van der Waals surface area contributed by atoms with E-state index in [1.165, 1.54) is 12.8 Å². The molecular weight excluding hydrogens is 458 g/mol. The summed E-state index contributed by atoms with van der Waals surface area (Å²) in [4.78, 5) is 28.3. The van der Waals surface area contributed by atoms with Crippen molar-refractivity contribution in [2.24, 2.45) is 11.8 Å². The van der Waals surface area contributed by atoms with Crippen LogP contribution >= 0.6 is 11.3 Å². The summed E-state index contributed by atoms with van der Waals surface area (Å²) in [6, 6.07) is 8.38. The molecule has 2 saturated heterocycles. The molecule has 2 aromatic heterocycles. The van der Waals surface area contributed by atoms with E-state index in [4.69, 9.17) is 9.72 Å². The second-order valence-electron chi connectivity index (χ2n) is 11.0. The number of hydrogen-bond acceptors (Lipinski definition) is 7. The number of thiazole rings is 1. The molecule has 0 amide bonds. The molecule has 2 unspecified atom stereocenters. The first kappa shape index (κ1) is 21.5. The third-order valence-corrected chi connectivity index (χ3v) is 9.83. The first-order valence-electron chi connectivity index (χ1n) is 12.6. The monoisotopic (exact) mass is 487 g/mol. The average Bonchev–Trinajstić information content (AvgIpc) is 3.56. The van der Waals surface area contributed by atoms with Crippen LogP contribution in [0.25, 0.3) is 10.9 Å². The number of aromatic amines is 1. The lowest BCUT2D eigenvalue weighted by atomic mass is 9.77. The lowest BCUT2D eigenvalue weighted by molar-refractivity contribution is -0.00548. The fourth-order valence-corrected chi connectivity index (χ4v) is 8.24. The van der Waals surface area contributed by atoms with Crippen molar-refractivity contribution >= 4 is 33.2 Å². The molecule has 7 rings (SSSR count). The van der Waals surface area contributed by atoms with Gasteiger partial charge in [-0.05, 0) is 50.7 Å². The normalized spacial score (nSPS) is 27.6. The lowest BCUT2D eigenvalue weighted by Crippen LogP contribution is -2.55. The number of fused-ring (bicyclic) bond motifs is 6. The van der Waals surface area contributed by atoms with Crippen molar-refractivity contribution < 1.29 is 9.53 Å². The largest absolute Gasteiger partial charge is 0.379 e. The number of ether oxygens (including phenoxy) is 1. The Morgan fingerprint density at radius 2 is 1.94 bits per heavy atom. The van der Waals surface area contributed by atoms with Gasteiger partial charge in [0.1, 0.15) is 4.88 Å². The summed E-state index contributed by atoms with van der Waals surface area (Å²) in [6.07, 6.45) is 2.56. The van der Waals surface area contributed by atoms with Crippen LogP contribution in [0.2, 0.25) is 0 Å². The highest BCUT2D eigenvalue weighted by Crippen LogP contribution is 2.48. The lowest BCUT2D eigenvalue weighted by Gasteiger charge is -2.44. The Morgan fingerprint density at radius 3 is 2.66 bits per heavy atom. The fraction of sp³-hybridized carbons (Fsp3) is 0.519. The van der Waals surface area contributed by atoms with Crippen molar-refractivity contribution in [2.45, 2.75) is 38.1 Å². The van der Waals surface area contributed by atoms with E-state index in [9.17, 15) is 10.1 Å². The van der Waals surface area contributed by atoms with E-state index in [1.807, 2.05) is 12.1 Å². The number of morpholine rings is 1. The Balaban J connectivity index is 1.22. The van der Waals surface area contributed by atoms with Crippen molar-refractivity contribution in [3.05, 3.63) is 45.6 Å². The highest BCUT2D eigenvalue weighted by molar-refractivity contribution is 7.18. The van der Waals surface area contributed by atoms with Crippen LogP contribution in [0, 0.1) is 23.2 Å². The predicted octanol–water partition coefficient (Wildman–Crippen LogP) is 3.91. The molecule has 2 atom stereocenters. The van der Waals surface area contributed by atoms with Gasteiger partial charge in [-0.3, -0.25) is 9.69 Å². The Labute approximate surface area is 208 Å². The number of rotatable bonds is 2. The summed E-state index contributed by atoms with van der Waals surface area (Å²) in [5.74, 6) is 1.37. The second kappa shape index (κ2) is 7.63. The summed E-state index contributed by atoms with van der Waals surface area (Å²) in [5.41, 5.74) is 3.54. The van der Waals surface area contributed by atoms with Crippen molar-refractivity contribution in [3.63, 3.8) is 0 Å². The molecule has 2 bridgehead atoms. The Morgan fingerprint density at radius 1 is 1.20 bits per heavy atom. The Kier molecular flexibility index (Phi) is 4.70. The van der Waals surface area contributed by atoms with E-state index in [0.29, 0.717) is 23.4 Å². The molecule has 3 fully saturated rings. The summed E-state index contributed by atoms with van der Waals surface area (Å²) in [7, 11) is 0. The van der Waals surface area contributed by atoms with Gasteiger partial charge in [0.15, 0.2) is 5.13 Å². The number of nitriles is 1. The number of carbonyl (C=O) groups excluding carboxylic acids is 1. The third kappa shape index (κ3) is 3.08. The van der Waals surface area contributed by atoms with E-state index in [-0.39, 0.29) is 5.78 Å². The molecule has 2 aliphatic heterocycles. The molecular formula is C27H29N5O2S. The third-order valence-electron chi connectivity index (χ3n) is 8.72. The summed E-state index contributed by atoms with van der Waals surface area (Å²) in [6.45, 7) is 10.1. The molecule has 1 aromatic carbocycles. The topological polar surface area (TPSA) is 85.2 Å². The number of H-pyrrole nitrogens is 1. The van der Waals surface area contributed by atoms with E-state index in [1.54, 1.807) is 17.4 Å². The average molecular weight is 488 g/mol. The zero-order valence-electron chi connectivity index (χ0n) is 20.1. The first-order chi connectivity index (χ1) is 17.0. The Bertz CT molecular complexity index is 1380. The van der Waals surface area contributed by atoms with Crippen LogP contribution in [0.4, 0.5) is 5.13 Å². The molecule has 4 heterocycles. The van der Waals surface area contributed by atoms with Crippen LogP contribution in [-0.4, -0.2) is 66.1 Å². The molecule has 1 saturated carbocycles. The summed E-state index contributed by atoms with van der Waals surface area (Å²) < 4.78 is 5.60. The predicted molar refractivity (Wildman–Crippen MR) is 135 cm³/mol. The highest BCUT2D eigenvalue weighted by Gasteiger charge is 2.47. The van der Waals surface area contributed by atoms with Crippen molar-refractivity contribution in [1.82, 2.24) is 14.9 Å². The summed E-state index contributed by atoms with van der Waals surface area (Å²) >= 11 is 1.57. The van der Waals surface area contributed by atoms with Crippen LogP contribution < -0.4 is 4.90 Å². The van der Waals surface area contributed by atoms with Crippen LogP contribution in [0.1, 0.15) is 58.9 Å². The zero-order valence-corrected chi connectivity index (χ0v) is 21.0. The van der Waals surface area contributed by atoms with Gasteiger partial charge in [-0.15, -0.1) is 0 Å². The molecule has 2 aliphatic carbocycles. The molecule has 0 spiro atoms. The molecule has 1 N–H and O–H groups in total. The van der Waals surface area contributed by atoms with E-state index >= 15 is 0 Å². The number of aromatic nitrogens is 2. The quantitative estimate of drug-likeness (QED) is 0.590. The minimum Gasteiger partial charge on any atom is -0.379 e. The minimum absolute atomic E-state index is 0.0557. The molecule has 180 valence electrons. The highest BCUT2D eigenvalue weighted by atomic mass is 32.1. The van der Waals surface area contributed by atoms with Gasteiger partial charge in [0.2, 0.25) is 5.78 Å². The summed E-state index contributed by atoms with van der Waals surface area (Å²) in [5, 5.41) is 11.2. The number of carbonyl (C=O) groups is 1. The maximum absolute atomic E-state index is 13.8. The van der Waals surface area contributed by atoms with Gasteiger partial charge in [-0.1, -0.05) is 17.4 Å². The van der Waals surface area contributed by atoms with Crippen LogP contribution in [0.3, 0.4) is 0 Å². The van der Waals surface area contributed by atoms with Gasteiger partial charge in [0.05, 0.1) is 36.1 Å². The maximum Gasteiger partial charge on any atom is 0.207 e. The van der Waals surface area contributed by atoms with E-state index in [0.717, 1.165) is 77.3 Å². The number of hydrogen-bond donors (Lipinski definition) is 1. The van der Waals surface area contributed by atoms with Gasteiger partial charge in [0, 0.05) is 54.2 Å². The number of nitrogens with one attached hydrogen (secondary N) is 1. The number of anilines is 1. The van der Waals surface area contributed by atoms with Crippen LogP contribution in [-0.2, 0) is 10.2 Å². The molecule has 8 heteroatoms. The van der Waals surface area contributed by atoms with Gasteiger partial charge in [-0.2, -0.15) is 5.26 Å². The van der Waals surface area contributed by atoms with Crippen molar-refractivity contribution in [3.8, 4) is 6.07 Å². The molecule has 35 heavy (non-hydrogen) atoms. The smallest absolute Gasteiger partial charge is 0.207 e.